The molecule has 0 aliphatic carbocycles. The topological polar surface area (TPSA) is 51.3 Å². The summed E-state index contributed by atoms with van der Waals surface area (Å²) in [5.74, 6) is 0.681. The van der Waals surface area contributed by atoms with Crippen LogP contribution in [0.5, 0.6) is 5.75 Å². The fraction of sp³-hybridized carbons (Fsp3) is 0.130. The normalized spacial score (nSPS) is 20.2. The van der Waals surface area contributed by atoms with E-state index in [0.717, 1.165) is 31.8 Å². The molecule has 146 valence electrons. The van der Waals surface area contributed by atoms with Crippen molar-refractivity contribution in [3.05, 3.63) is 94.6 Å². The maximum Gasteiger partial charge on any atom is 0.258 e. The zero-order valence-electron chi connectivity index (χ0n) is 15.9. The van der Waals surface area contributed by atoms with Gasteiger partial charge in [-0.25, -0.2) is 0 Å². The van der Waals surface area contributed by atoms with Crippen LogP contribution in [0.3, 0.4) is 0 Å². The van der Waals surface area contributed by atoms with E-state index in [9.17, 15) is 4.89 Å². The van der Waals surface area contributed by atoms with Gasteiger partial charge in [-0.15, -0.1) is 4.67 Å². The van der Waals surface area contributed by atoms with Crippen molar-refractivity contribution in [2.24, 2.45) is 0 Å². The zero-order valence-corrected chi connectivity index (χ0v) is 18.4. The van der Waals surface area contributed by atoms with Crippen LogP contribution in [0.25, 0.3) is 10.9 Å². The van der Waals surface area contributed by atoms with Crippen LogP contribution in [0.2, 0.25) is 0 Å². The highest BCUT2D eigenvalue weighted by Gasteiger charge is 2.48. The Morgan fingerprint density at radius 1 is 1.07 bits per heavy atom. The van der Waals surface area contributed by atoms with Crippen molar-refractivity contribution in [2.75, 3.05) is 0 Å². The smallest absolute Gasteiger partial charge is 0.258 e. The lowest BCUT2D eigenvalue weighted by molar-refractivity contribution is -0.198. The third kappa shape index (κ3) is 3.19. The molecule has 1 aliphatic heterocycles. The summed E-state index contributed by atoms with van der Waals surface area (Å²) in [5, 5.41) is 1.66. The molecule has 1 aliphatic rings. The first-order valence-corrected chi connectivity index (χ1v) is 11.9. The molecule has 0 radical (unpaired) electrons. The molecule has 29 heavy (non-hydrogen) atoms. The lowest BCUT2D eigenvalue weighted by atomic mass is 10.1. The van der Waals surface area contributed by atoms with Crippen molar-refractivity contribution in [3.8, 4) is 5.75 Å². The van der Waals surface area contributed by atoms with Crippen molar-refractivity contribution in [2.45, 2.75) is 19.5 Å². The van der Waals surface area contributed by atoms with Crippen LogP contribution in [0.4, 0.5) is 0 Å². The molecule has 1 N–H and O–H groups in total. The molecule has 2 atom stereocenters. The fourth-order valence-electron chi connectivity index (χ4n) is 3.99. The van der Waals surface area contributed by atoms with Crippen LogP contribution in [-0.4, -0.2) is 9.65 Å². The second kappa shape index (κ2) is 7.26. The van der Waals surface area contributed by atoms with Gasteiger partial charge in [0, 0.05) is 27.1 Å². The monoisotopic (exact) mass is 466 g/mol. The number of aromatic nitrogens is 1. The lowest BCUT2D eigenvalue weighted by Crippen LogP contribution is -2.44. The summed E-state index contributed by atoms with van der Waals surface area (Å²) in [6.07, 6.45) is 1.88. The van der Waals surface area contributed by atoms with Crippen molar-refractivity contribution in [1.82, 2.24) is 9.65 Å². The summed E-state index contributed by atoms with van der Waals surface area (Å²) in [4.78, 5) is 17.8. The van der Waals surface area contributed by atoms with E-state index in [1.807, 2.05) is 71.5 Å². The van der Waals surface area contributed by atoms with Crippen LogP contribution in [0, 0.1) is 0 Å². The molecule has 2 unspecified atom stereocenters. The molecule has 4 aromatic rings. The Morgan fingerprint density at radius 3 is 2.72 bits per heavy atom. The number of fused-ring (bicyclic) bond motifs is 2. The molecule has 0 spiro atoms. The SMILES string of the molecule is CC(c1ccccc1)N1Cc2cc(Br)ccc2O[P+]1([O-])c1cccc2[nH]ccc12. The van der Waals surface area contributed by atoms with Gasteiger partial charge in [0.2, 0.25) is 0 Å². The highest BCUT2D eigenvalue weighted by molar-refractivity contribution is 9.10. The van der Waals surface area contributed by atoms with Crippen LogP contribution >= 0.6 is 23.8 Å². The van der Waals surface area contributed by atoms with Gasteiger partial charge in [-0.05, 0) is 48.9 Å². The summed E-state index contributed by atoms with van der Waals surface area (Å²) < 4.78 is 9.34. The van der Waals surface area contributed by atoms with Gasteiger partial charge in [-0.1, -0.05) is 52.3 Å². The van der Waals surface area contributed by atoms with Crippen molar-refractivity contribution >= 4 is 40.0 Å². The predicted octanol–water partition coefficient (Wildman–Crippen LogP) is 5.33. The zero-order chi connectivity index (χ0) is 20.0. The number of nitrogens with zero attached hydrogens (tertiary/aromatic N) is 1. The number of nitrogens with one attached hydrogen (secondary N) is 1. The second-order valence-electron chi connectivity index (χ2n) is 7.26. The lowest BCUT2D eigenvalue weighted by Gasteiger charge is -2.44. The van der Waals surface area contributed by atoms with Gasteiger partial charge in [0.05, 0.1) is 12.6 Å². The number of hydrogen-bond acceptors (Lipinski definition) is 3. The first-order chi connectivity index (χ1) is 14.1. The van der Waals surface area contributed by atoms with Crippen LogP contribution < -0.4 is 14.7 Å². The molecular formula is C23H20BrN2O2P. The molecule has 6 heteroatoms. The number of hydrogen-bond donors (Lipinski definition) is 1. The van der Waals surface area contributed by atoms with E-state index in [4.69, 9.17) is 4.52 Å². The van der Waals surface area contributed by atoms with E-state index in [1.54, 1.807) is 0 Å². The summed E-state index contributed by atoms with van der Waals surface area (Å²) >= 11 is 3.55. The van der Waals surface area contributed by atoms with Gasteiger partial charge in [0.1, 0.15) is 0 Å². The van der Waals surface area contributed by atoms with Gasteiger partial charge < -0.3 is 14.4 Å². The van der Waals surface area contributed by atoms with Crippen molar-refractivity contribution < 1.29 is 9.42 Å². The summed E-state index contributed by atoms with van der Waals surface area (Å²) in [6, 6.07) is 23.8. The molecule has 0 saturated carbocycles. The first kappa shape index (κ1) is 18.8. The summed E-state index contributed by atoms with van der Waals surface area (Å²) in [6.45, 7) is 2.63. The van der Waals surface area contributed by atoms with E-state index in [1.165, 1.54) is 0 Å². The Morgan fingerprint density at radius 2 is 1.90 bits per heavy atom. The van der Waals surface area contributed by atoms with Crippen molar-refractivity contribution in [3.63, 3.8) is 0 Å². The van der Waals surface area contributed by atoms with Crippen LogP contribution in [0.15, 0.2) is 83.5 Å². The van der Waals surface area contributed by atoms with Gasteiger partial charge in [-0.2, -0.15) is 0 Å². The largest absolute Gasteiger partial charge is 0.629 e. The van der Waals surface area contributed by atoms with Crippen molar-refractivity contribution in [1.29, 1.82) is 0 Å². The Labute approximate surface area is 178 Å². The molecular weight excluding hydrogens is 447 g/mol. The first-order valence-electron chi connectivity index (χ1n) is 9.53. The molecule has 0 fully saturated rings. The van der Waals surface area contributed by atoms with Gasteiger partial charge in [-0.3, -0.25) is 0 Å². The molecule has 1 aromatic heterocycles. The minimum atomic E-state index is -3.36. The predicted molar refractivity (Wildman–Crippen MR) is 120 cm³/mol. The standard InChI is InChI=1S/C23H20BrN2O2P/c1-16(17-6-3-2-4-7-17)26-15-18-14-19(24)10-11-22(18)28-29(26,27)23-9-5-8-21-20(23)12-13-25-21/h2-14,16,25H,15H2,1H3. The summed E-state index contributed by atoms with van der Waals surface area (Å²) in [7, 11) is -3.36. The molecule has 5 rings (SSSR count). The quantitative estimate of drug-likeness (QED) is 0.415. The van der Waals surface area contributed by atoms with Gasteiger partial charge in [0.25, 0.3) is 7.87 Å². The maximum absolute atomic E-state index is 14.6. The molecule has 3 aromatic carbocycles. The van der Waals surface area contributed by atoms with Crippen LogP contribution in [0.1, 0.15) is 24.1 Å². The van der Waals surface area contributed by atoms with E-state index in [2.05, 4.69) is 40.0 Å². The third-order valence-electron chi connectivity index (χ3n) is 5.52. The number of benzene rings is 3. The molecule has 2 heterocycles. The Balaban J connectivity index is 1.69. The second-order valence-corrected chi connectivity index (χ2v) is 10.4. The average molecular weight is 467 g/mol. The molecule has 0 saturated heterocycles. The van der Waals surface area contributed by atoms with E-state index >= 15 is 0 Å². The highest BCUT2D eigenvalue weighted by Crippen LogP contribution is 2.62. The summed E-state index contributed by atoms with van der Waals surface area (Å²) in [5.41, 5.74) is 3.08. The van der Waals surface area contributed by atoms with E-state index in [0.29, 0.717) is 12.3 Å². The molecule has 0 amide bonds. The maximum atomic E-state index is 14.6. The van der Waals surface area contributed by atoms with Gasteiger partial charge in [0.15, 0.2) is 11.1 Å². The number of rotatable bonds is 3. The number of aromatic amines is 1. The number of H-pyrrole nitrogens is 1. The Hall–Kier alpha value is -2.17. The van der Waals surface area contributed by atoms with Gasteiger partial charge >= 0.3 is 0 Å². The fourth-order valence-corrected chi connectivity index (χ4v) is 7.02. The Bertz CT molecular complexity index is 1180. The molecule has 4 nitrogen and oxygen atoms in total. The Kier molecular flexibility index (Phi) is 4.72. The highest BCUT2D eigenvalue weighted by atomic mass is 79.9. The van der Waals surface area contributed by atoms with E-state index < -0.39 is 7.87 Å². The molecule has 0 bridgehead atoms. The number of halogens is 1. The van der Waals surface area contributed by atoms with E-state index in [-0.39, 0.29) is 6.04 Å². The minimum Gasteiger partial charge on any atom is -0.629 e. The third-order valence-corrected chi connectivity index (χ3v) is 8.62. The minimum absolute atomic E-state index is 0.0802. The van der Waals surface area contributed by atoms with Crippen LogP contribution in [-0.2, 0) is 6.54 Å². The average Bonchev–Trinajstić information content (AvgIpc) is 3.22.